The van der Waals surface area contributed by atoms with Crippen LogP contribution in [-0.2, 0) is 9.53 Å². The lowest BCUT2D eigenvalue weighted by molar-refractivity contribution is -0.119. The number of rotatable bonds is 7. The van der Waals surface area contributed by atoms with E-state index in [0.717, 1.165) is 46.7 Å². The van der Waals surface area contributed by atoms with Crippen LogP contribution in [0, 0.1) is 6.92 Å². The minimum atomic E-state index is -0.445. The molecule has 3 amide bonds. The molecule has 2 aliphatic heterocycles. The molecule has 8 nitrogen and oxygen atoms in total. The average molecular weight is 549 g/mol. The summed E-state index contributed by atoms with van der Waals surface area (Å²) in [5.74, 6) is -1.23. The van der Waals surface area contributed by atoms with Gasteiger partial charge in [0.15, 0.2) is 5.13 Å². The van der Waals surface area contributed by atoms with Crippen LogP contribution in [0.5, 0.6) is 0 Å². The molecular formula is C25H26Cl2N4O4S. The Labute approximate surface area is 224 Å². The second kappa shape index (κ2) is 11.2. The molecule has 2 aromatic carbocycles. The topological polar surface area (TPSA) is 83.0 Å². The van der Waals surface area contributed by atoms with E-state index in [2.05, 4.69) is 4.90 Å². The predicted molar refractivity (Wildman–Crippen MR) is 143 cm³/mol. The molecule has 0 aliphatic carbocycles. The quantitative estimate of drug-likeness (QED) is 0.414. The van der Waals surface area contributed by atoms with Crippen LogP contribution < -0.4 is 4.90 Å². The minimum Gasteiger partial charge on any atom is -0.379 e. The summed E-state index contributed by atoms with van der Waals surface area (Å²) in [5.41, 5.74) is 2.26. The summed E-state index contributed by atoms with van der Waals surface area (Å²) in [6.07, 6.45) is 0.726. The fourth-order valence-corrected chi connectivity index (χ4v) is 5.63. The number of morpholine rings is 1. The summed E-state index contributed by atoms with van der Waals surface area (Å²) in [6.45, 7) is 5.95. The number of carbonyl (C=O) groups is 3. The third-order valence-corrected chi connectivity index (χ3v) is 7.85. The molecular weight excluding hydrogens is 523 g/mol. The van der Waals surface area contributed by atoms with Crippen molar-refractivity contribution < 1.29 is 19.1 Å². The van der Waals surface area contributed by atoms with Crippen molar-refractivity contribution in [1.82, 2.24) is 14.8 Å². The van der Waals surface area contributed by atoms with Crippen LogP contribution in [-0.4, -0.2) is 78.4 Å². The van der Waals surface area contributed by atoms with Gasteiger partial charge >= 0.3 is 0 Å². The minimum absolute atomic E-state index is 0. The third-order valence-electron chi connectivity index (χ3n) is 6.40. The van der Waals surface area contributed by atoms with Crippen LogP contribution in [0.15, 0.2) is 36.4 Å². The zero-order chi connectivity index (χ0) is 24.5. The molecule has 3 aromatic rings. The molecule has 11 heteroatoms. The van der Waals surface area contributed by atoms with Gasteiger partial charge < -0.3 is 4.74 Å². The maximum Gasteiger partial charge on any atom is 0.262 e. The zero-order valence-corrected chi connectivity index (χ0v) is 22.1. The van der Waals surface area contributed by atoms with Gasteiger partial charge in [0.2, 0.25) is 5.91 Å². The summed E-state index contributed by atoms with van der Waals surface area (Å²) in [6, 6.07) is 10.4. The maximum absolute atomic E-state index is 13.5. The van der Waals surface area contributed by atoms with E-state index < -0.39 is 11.8 Å². The molecule has 0 bridgehead atoms. The average Bonchev–Trinajstić information content (AvgIpc) is 3.41. The number of nitrogens with zero attached hydrogens (tertiary/aromatic N) is 4. The first-order valence-corrected chi connectivity index (χ1v) is 12.7. The molecule has 0 unspecified atom stereocenters. The highest BCUT2D eigenvalue weighted by atomic mass is 35.5. The molecule has 5 rings (SSSR count). The van der Waals surface area contributed by atoms with Gasteiger partial charge in [-0.2, -0.15) is 0 Å². The molecule has 0 N–H and O–H groups in total. The monoisotopic (exact) mass is 548 g/mol. The summed E-state index contributed by atoms with van der Waals surface area (Å²) < 4.78 is 6.34. The Kier molecular flexibility index (Phi) is 8.27. The van der Waals surface area contributed by atoms with Crippen molar-refractivity contribution in [3.05, 3.63) is 58.1 Å². The van der Waals surface area contributed by atoms with Crippen molar-refractivity contribution in [3.63, 3.8) is 0 Å². The van der Waals surface area contributed by atoms with E-state index in [1.165, 1.54) is 11.3 Å². The van der Waals surface area contributed by atoms with E-state index in [1.54, 1.807) is 29.2 Å². The standard InChI is InChI=1S/C25H25ClN4O4S.ClH/c1-16-19(26)7-8-20-22(16)27-25(35-20)29(10-4-9-28-11-13-34-14-12-28)21(31)15-30-23(32)17-5-2-3-6-18(17)24(30)33;/h2-3,5-8H,4,9-15H2,1H3;1H. The second-order valence-corrected chi connectivity index (χ2v) is 10.0. The van der Waals surface area contributed by atoms with Gasteiger partial charge in [0, 0.05) is 31.2 Å². The SMILES string of the molecule is Cc1c(Cl)ccc2sc(N(CCCN3CCOCC3)C(=O)CN3C(=O)c4ccccc4C3=O)nc12.Cl. The number of anilines is 1. The summed E-state index contributed by atoms with van der Waals surface area (Å²) in [4.78, 5) is 48.9. The Morgan fingerprint density at radius 2 is 1.78 bits per heavy atom. The van der Waals surface area contributed by atoms with Gasteiger partial charge in [-0.1, -0.05) is 35.1 Å². The van der Waals surface area contributed by atoms with E-state index >= 15 is 0 Å². The van der Waals surface area contributed by atoms with Crippen molar-refractivity contribution in [2.45, 2.75) is 13.3 Å². The fraction of sp³-hybridized carbons (Fsp3) is 0.360. The Bertz CT molecular complexity index is 1270. The maximum atomic E-state index is 13.5. The van der Waals surface area contributed by atoms with Gasteiger partial charge in [-0.05, 0) is 43.2 Å². The molecule has 36 heavy (non-hydrogen) atoms. The van der Waals surface area contributed by atoms with Crippen molar-refractivity contribution in [1.29, 1.82) is 0 Å². The van der Waals surface area contributed by atoms with Gasteiger partial charge in [0.1, 0.15) is 6.54 Å². The van der Waals surface area contributed by atoms with Crippen LogP contribution in [0.4, 0.5) is 5.13 Å². The predicted octanol–water partition coefficient (Wildman–Crippen LogP) is 4.03. The van der Waals surface area contributed by atoms with Crippen molar-refractivity contribution in [2.75, 3.05) is 50.8 Å². The lowest BCUT2D eigenvalue weighted by Gasteiger charge is -2.28. The number of amides is 3. The van der Waals surface area contributed by atoms with E-state index in [9.17, 15) is 14.4 Å². The zero-order valence-electron chi connectivity index (χ0n) is 19.7. The Morgan fingerprint density at radius 1 is 1.11 bits per heavy atom. The second-order valence-electron chi connectivity index (χ2n) is 8.61. The van der Waals surface area contributed by atoms with Crippen LogP contribution in [0.3, 0.4) is 0 Å². The van der Waals surface area contributed by atoms with E-state index in [-0.39, 0.29) is 24.9 Å². The molecule has 0 atom stereocenters. The van der Waals surface area contributed by atoms with Crippen molar-refractivity contribution in [3.8, 4) is 0 Å². The van der Waals surface area contributed by atoms with Crippen molar-refractivity contribution >= 4 is 68.4 Å². The van der Waals surface area contributed by atoms with Gasteiger partial charge in [-0.3, -0.25) is 29.1 Å². The summed E-state index contributed by atoms with van der Waals surface area (Å²) >= 11 is 7.69. The van der Waals surface area contributed by atoms with Crippen LogP contribution in [0.2, 0.25) is 5.02 Å². The highest BCUT2D eigenvalue weighted by Gasteiger charge is 2.37. The molecule has 1 aromatic heterocycles. The van der Waals surface area contributed by atoms with Gasteiger partial charge in [0.05, 0.1) is 34.6 Å². The largest absolute Gasteiger partial charge is 0.379 e. The van der Waals surface area contributed by atoms with E-state index in [4.69, 9.17) is 21.3 Å². The first kappa shape index (κ1) is 26.5. The molecule has 1 saturated heterocycles. The smallest absolute Gasteiger partial charge is 0.262 e. The molecule has 0 radical (unpaired) electrons. The summed E-state index contributed by atoms with van der Waals surface area (Å²) in [7, 11) is 0. The molecule has 0 saturated carbocycles. The highest BCUT2D eigenvalue weighted by Crippen LogP contribution is 2.34. The fourth-order valence-electron chi connectivity index (χ4n) is 4.41. The number of thiazole rings is 1. The molecule has 3 heterocycles. The first-order chi connectivity index (χ1) is 16.9. The lowest BCUT2D eigenvalue weighted by atomic mass is 10.1. The molecule has 190 valence electrons. The number of fused-ring (bicyclic) bond motifs is 2. The lowest BCUT2D eigenvalue weighted by Crippen LogP contribution is -2.44. The van der Waals surface area contributed by atoms with E-state index in [1.807, 2.05) is 19.1 Å². The summed E-state index contributed by atoms with van der Waals surface area (Å²) in [5, 5.41) is 1.15. The van der Waals surface area contributed by atoms with Gasteiger partial charge in [0.25, 0.3) is 11.8 Å². The van der Waals surface area contributed by atoms with Crippen LogP contribution in [0.25, 0.3) is 10.2 Å². The Balaban J connectivity index is 0.00000304. The number of carbonyl (C=O) groups excluding carboxylic acids is 3. The number of ether oxygens (including phenoxy) is 1. The number of halogens is 2. The molecule has 0 spiro atoms. The highest BCUT2D eigenvalue weighted by molar-refractivity contribution is 7.22. The van der Waals surface area contributed by atoms with Gasteiger partial charge in [-0.25, -0.2) is 4.98 Å². The number of hydrogen-bond donors (Lipinski definition) is 0. The Hall–Kier alpha value is -2.56. The first-order valence-electron chi connectivity index (χ1n) is 11.6. The van der Waals surface area contributed by atoms with E-state index in [0.29, 0.717) is 41.0 Å². The third kappa shape index (κ3) is 5.12. The van der Waals surface area contributed by atoms with Gasteiger partial charge in [-0.15, -0.1) is 12.4 Å². The number of imide groups is 1. The number of aryl methyl sites for hydroxylation is 1. The van der Waals surface area contributed by atoms with Crippen LogP contribution in [0.1, 0.15) is 32.7 Å². The molecule has 2 aliphatic rings. The normalized spacial score (nSPS) is 15.8. The van der Waals surface area contributed by atoms with Crippen LogP contribution >= 0.6 is 35.3 Å². The number of aromatic nitrogens is 1. The number of benzene rings is 2. The number of hydrogen-bond acceptors (Lipinski definition) is 7. The Morgan fingerprint density at radius 3 is 2.44 bits per heavy atom. The van der Waals surface area contributed by atoms with Crippen molar-refractivity contribution in [2.24, 2.45) is 0 Å². The molecule has 1 fully saturated rings.